The summed E-state index contributed by atoms with van der Waals surface area (Å²) >= 11 is 9.41. The highest BCUT2D eigenvalue weighted by molar-refractivity contribution is 9.10. The molecule has 0 atom stereocenters. The van der Waals surface area contributed by atoms with Crippen LogP contribution in [-0.4, -0.2) is 30.3 Å². The summed E-state index contributed by atoms with van der Waals surface area (Å²) in [5.41, 5.74) is 2.32. The summed E-state index contributed by atoms with van der Waals surface area (Å²) in [6, 6.07) is 9.92. The zero-order chi connectivity index (χ0) is 23.0. The molecule has 0 fully saturated rings. The van der Waals surface area contributed by atoms with Crippen LogP contribution >= 0.6 is 27.5 Å². The highest BCUT2D eigenvalue weighted by Crippen LogP contribution is 2.30. The van der Waals surface area contributed by atoms with Crippen LogP contribution in [0.15, 0.2) is 40.9 Å². The molecule has 3 N–H and O–H groups in total. The zero-order valence-corrected chi connectivity index (χ0v) is 19.2. The molecular formula is C21H21BrClN3O5. The maximum absolute atomic E-state index is 12.0. The fourth-order valence-corrected chi connectivity index (χ4v) is 3.07. The summed E-state index contributed by atoms with van der Waals surface area (Å²) < 4.78 is 5.62. The van der Waals surface area contributed by atoms with E-state index in [1.54, 1.807) is 43.3 Å². The SMILES string of the molecule is CC(=O)Nc1ccc(NC(=O)CCC(=O)OCC(=O)Nc2ccc(Br)c(Cl)c2C)cc1. The topological polar surface area (TPSA) is 114 Å². The molecule has 0 bridgehead atoms. The van der Waals surface area contributed by atoms with Crippen LogP contribution in [-0.2, 0) is 23.9 Å². The van der Waals surface area contributed by atoms with Gasteiger partial charge in [-0.2, -0.15) is 0 Å². The number of benzene rings is 2. The molecule has 2 rings (SSSR count). The third-order valence-electron chi connectivity index (χ3n) is 4.02. The maximum Gasteiger partial charge on any atom is 0.306 e. The van der Waals surface area contributed by atoms with E-state index in [9.17, 15) is 19.2 Å². The monoisotopic (exact) mass is 509 g/mol. The number of hydrogen-bond acceptors (Lipinski definition) is 5. The summed E-state index contributed by atoms with van der Waals surface area (Å²) in [7, 11) is 0. The average molecular weight is 511 g/mol. The quantitative estimate of drug-likeness (QED) is 0.459. The van der Waals surface area contributed by atoms with Gasteiger partial charge in [0.15, 0.2) is 6.61 Å². The van der Waals surface area contributed by atoms with Crippen molar-refractivity contribution in [2.45, 2.75) is 26.7 Å². The molecule has 0 aromatic heterocycles. The van der Waals surface area contributed by atoms with Crippen LogP contribution in [0, 0.1) is 6.92 Å². The van der Waals surface area contributed by atoms with Crippen molar-refractivity contribution in [3.63, 3.8) is 0 Å². The largest absolute Gasteiger partial charge is 0.456 e. The van der Waals surface area contributed by atoms with Gasteiger partial charge in [-0.15, -0.1) is 0 Å². The highest BCUT2D eigenvalue weighted by Gasteiger charge is 2.13. The van der Waals surface area contributed by atoms with Gasteiger partial charge in [-0.3, -0.25) is 19.2 Å². The summed E-state index contributed by atoms with van der Waals surface area (Å²) in [6.07, 6.45) is -0.276. The second kappa shape index (κ2) is 11.5. The van der Waals surface area contributed by atoms with E-state index in [1.807, 2.05) is 0 Å². The molecule has 8 nitrogen and oxygen atoms in total. The van der Waals surface area contributed by atoms with Crippen LogP contribution in [0.1, 0.15) is 25.3 Å². The molecule has 164 valence electrons. The minimum absolute atomic E-state index is 0.102. The normalized spacial score (nSPS) is 10.2. The summed E-state index contributed by atoms with van der Waals surface area (Å²) in [5.74, 6) is -1.76. The lowest BCUT2D eigenvalue weighted by atomic mass is 10.2. The fraction of sp³-hybridized carbons (Fsp3) is 0.238. The number of halogens is 2. The molecule has 31 heavy (non-hydrogen) atoms. The first kappa shape index (κ1) is 24.4. The number of esters is 1. The van der Waals surface area contributed by atoms with Gasteiger partial charge >= 0.3 is 5.97 Å². The molecule has 2 aromatic rings. The van der Waals surface area contributed by atoms with Gasteiger partial charge in [0.2, 0.25) is 11.8 Å². The Labute approximate surface area is 192 Å². The average Bonchev–Trinajstić information content (AvgIpc) is 2.72. The molecule has 2 aromatic carbocycles. The van der Waals surface area contributed by atoms with Crippen LogP contribution in [0.5, 0.6) is 0 Å². The predicted octanol–water partition coefficient (Wildman–Crippen LogP) is 4.27. The lowest BCUT2D eigenvalue weighted by Crippen LogP contribution is -2.22. The van der Waals surface area contributed by atoms with E-state index in [-0.39, 0.29) is 24.7 Å². The van der Waals surface area contributed by atoms with Crippen LogP contribution < -0.4 is 16.0 Å². The fourth-order valence-electron chi connectivity index (χ4n) is 2.47. The molecule has 0 saturated carbocycles. The Morgan fingerprint density at radius 1 is 0.903 bits per heavy atom. The van der Waals surface area contributed by atoms with E-state index < -0.39 is 18.5 Å². The van der Waals surface area contributed by atoms with Gasteiger partial charge in [0.25, 0.3) is 5.91 Å². The molecule has 3 amide bonds. The molecule has 0 unspecified atom stereocenters. The van der Waals surface area contributed by atoms with Gasteiger partial charge in [0, 0.05) is 34.9 Å². The molecule has 0 aliphatic carbocycles. The number of nitrogens with one attached hydrogen (secondary N) is 3. The molecule has 0 saturated heterocycles. The van der Waals surface area contributed by atoms with Crippen molar-refractivity contribution in [3.8, 4) is 0 Å². The van der Waals surface area contributed by atoms with E-state index >= 15 is 0 Å². The van der Waals surface area contributed by atoms with Crippen LogP contribution in [0.2, 0.25) is 5.02 Å². The minimum atomic E-state index is -0.670. The second-order valence-electron chi connectivity index (χ2n) is 6.55. The third kappa shape index (κ3) is 8.03. The van der Waals surface area contributed by atoms with Crippen LogP contribution in [0.4, 0.5) is 17.1 Å². The number of hydrogen-bond donors (Lipinski definition) is 3. The Bertz CT molecular complexity index is 995. The smallest absolute Gasteiger partial charge is 0.306 e. The molecule has 0 spiro atoms. The van der Waals surface area contributed by atoms with E-state index in [2.05, 4.69) is 31.9 Å². The first-order valence-electron chi connectivity index (χ1n) is 9.23. The first-order valence-corrected chi connectivity index (χ1v) is 10.4. The second-order valence-corrected chi connectivity index (χ2v) is 7.78. The predicted molar refractivity (Wildman–Crippen MR) is 122 cm³/mol. The van der Waals surface area contributed by atoms with Gasteiger partial charge in [0.1, 0.15) is 0 Å². The van der Waals surface area contributed by atoms with E-state index in [0.29, 0.717) is 32.1 Å². The lowest BCUT2D eigenvalue weighted by Gasteiger charge is -2.11. The minimum Gasteiger partial charge on any atom is -0.456 e. The van der Waals surface area contributed by atoms with E-state index in [4.69, 9.17) is 16.3 Å². The number of rotatable bonds is 8. The van der Waals surface area contributed by atoms with Crippen molar-refractivity contribution in [2.24, 2.45) is 0 Å². The van der Waals surface area contributed by atoms with Gasteiger partial charge < -0.3 is 20.7 Å². The zero-order valence-electron chi connectivity index (χ0n) is 16.9. The Kier molecular flexibility index (Phi) is 9.02. The third-order valence-corrected chi connectivity index (χ3v) is 5.40. The van der Waals surface area contributed by atoms with Crippen molar-refractivity contribution in [1.29, 1.82) is 0 Å². The first-order chi connectivity index (χ1) is 14.7. The van der Waals surface area contributed by atoms with Gasteiger partial charge in [0.05, 0.1) is 11.4 Å². The van der Waals surface area contributed by atoms with Crippen LogP contribution in [0.25, 0.3) is 0 Å². The molecule has 10 heteroatoms. The Hall–Kier alpha value is -2.91. The van der Waals surface area contributed by atoms with Gasteiger partial charge in [-0.25, -0.2) is 0 Å². The van der Waals surface area contributed by atoms with Crippen molar-refractivity contribution in [3.05, 3.63) is 51.5 Å². The van der Waals surface area contributed by atoms with E-state index in [0.717, 1.165) is 0 Å². The highest BCUT2D eigenvalue weighted by atomic mass is 79.9. The Balaban J connectivity index is 1.72. The number of carbonyl (C=O) groups excluding carboxylic acids is 4. The number of carbonyl (C=O) groups is 4. The van der Waals surface area contributed by atoms with Crippen molar-refractivity contribution < 1.29 is 23.9 Å². The van der Waals surface area contributed by atoms with Gasteiger partial charge in [-0.1, -0.05) is 11.6 Å². The molecule has 0 aliphatic rings. The molecular weight excluding hydrogens is 490 g/mol. The maximum atomic E-state index is 12.0. The summed E-state index contributed by atoms with van der Waals surface area (Å²) in [4.78, 5) is 46.8. The number of anilines is 3. The van der Waals surface area contributed by atoms with Crippen molar-refractivity contribution >= 4 is 68.3 Å². The van der Waals surface area contributed by atoms with Crippen molar-refractivity contribution in [1.82, 2.24) is 0 Å². The summed E-state index contributed by atoms with van der Waals surface area (Å²) in [6.45, 7) is 2.68. The standard InChI is InChI=1S/C21H21BrClN3O5/c1-12-17(8-7-16(22)21(12)23)26-19(29)11-31-20(30)10-9-18(28)25-15-5-3-14(4-6-15)24-13(2)27/h3-8H,9-11H2,1-2H3,(H,24,27)(H,25,28)(H,26,29). The number of amides is 3. The Morgan fingerprint density at radius 3 is 2.13 bits per heavy atom. The van der Waals surface area contributed by atoms with Gasteiger partial charge in [-0.05, 0) is 64.8 Å². The summed E-state index contributed by atoms with van der Waals surface area (Å²) in [5, 5.41) is 8.35. The molecule has 0 aliphatic heterocycles. The van der Waals surface area contributed by atoms with Crippen LogP contribution in [0.3, 0.4) is 0 Å². The molecule has 0 radical (unpaired) electrons. The number of ether oxygens (including phenoxy) is 1. The Morgan fingerprint density at radius 2 is 1.52 bits per heavy atom. The van der Waals surface area contributed by atoms with E-state index in [1.165, 1.54) is 6.92 Å². The molecule has 0 heterocycles. The lowest BCUT2D eigenvalue weighted by molar-refractivity contribution is -0.147. The van der Waals surface area contributed by atoms with Crippen molar-refractivity contribution in [2.75, 3.05) is 22.6 Å².